The van der Waals surface area contributed by atoms with E-state index in [4.69, 9.17) is 5.73 Å². The topological polar surface area (TPSA) is 106 Å². The number of carbonyl (C=O) groups excluding carboxylic acids is 1. The van der Waals surface area contributed by atoms with E-state index in [2.05, 4.69) is 25.6 Å². The molecule has 0 aliphatic rings. The highest BCUT2D eigenvalue weighted by molar-refractivity contribution is 6.05. The molecule has 1 amide bonds. The van der Waals surface area contributed by atoms with Crippen molar-refractivity contribution < 1.29 is 4.79 Å². The molecule has 3 aromatic rings. The van der Waals surface area contributed by atoms with Crippen LogP contribution in [0.3, 0.4) is 0 Å². The van der Waals surface area contributed by atoms with Crippen LogP contribution < -0.4 is 16.4 Å². The molecule has 0 saturated carbocycles. The molecule has 3 rings (SSSR count). The number of para-hydroxylation sites is 2. The predicted octanol–water partition coefficient (Wildman–Crippen LogP) is 2.94. The van der Waals surface area contributed by atoms with E-state index in [1.165, 1.54) is 0 Å². The Bertz CT molecular complexity index is 903. The monoisotopic (exact) mass is 348 g/mol. The minimum Gasteiger partial charge on any atom is -0.397 e. The number of rotatable bonds is 5. The molecule has 1 heterocycles. The lowest BCUT2D eigenvalue weighted by Gasteiger charge is -2.09. The van der Waals surface area contributed by atoms with Crippen molar-refractivity contribution in [1.82, 2.24) is 15.0 Å². The molecule has 0 atom stereocenters. The van der Waals surface area contributed by atoms with Gasteiger partial charge in [-0.15, -0.1) is 0 Å². The van der Waals surface area contributed by atoms with Gasteiger partial charge in [0.25, 0.3) is 5.91 Å². The average molecular weight is 348 g/mol. The molecular formula is C19H20N6O. The number of carbonyl (C=O) groups is 1. The molecule has 26 heavy (non-hydrogen) atoms. The third kappa shape index (κ3) is 4.32. The second-order valence-electron chi connectivity index (χ2n) is 5.85. The summed E-state index contributed by atoms with van der Waals surface area (Å²) in [5, 5.41) is 5.97. The summed E-state index contributed by atoms with van der Waals surface area (Å²) >= 11 is 0. The summed E-state index contributed by atoms with van der Waals surface area (Å²) in [6.45, 7) is 4.20. The zero-order chi connectivity index (χ0) is 18.5. The Morgan fingerprint density at radius 3 is 2.27 bits per heavy atom. The van der Waals surface area contributed by atoms with Crippen LogP contribution in [-0.2, 0) is 6.54 Å². The van der Waals surface area contributed by atoms with Gasteiger partial charge in [0.2, 0.25) is 5.95 Å². The normalized spacial score (nSPS) is 10.4. The number of hydrogen-bond donors (Lipinski definition) is 3. The Balaban J connectivity index is 1.62. The smallest absolute Gasteiger partial charge is 0.255 e. The summed E-state index contributed by atoms with van der Waals surface area (Å²) in [7, 11) is 0. The quantitative estimate of drug-likeness (QED) is 0.612. The van der Waals surface area contributed by atoms with Crippen molar-refractivity contribution in [1.29, 1.82) is 0 Å². The molecule has 7 heteroatoms. The number of anilines is 3. The number of nitrogens with zero attached hydrogens (tertiary/aromatic N) is 3. The lowest BCUT2D eigenvalue weighted by molar-refractivity contribution is 0.102. The molecule has 132 valence electrons. The maximum absolute atomic E-state index is 12.3. The SMILES string of the molecule is Cc1nc(C)nc(NCc2ccc(C(=O)Nc3ccccc3N)cc2)n1. The lowest BCUT2D eigenvalue weighted by Crippen LogP contribution is -2.13. The first kappa shape index (κ1) is 17.3. The number of benzene rings is 2. The maximum atomic E-state index is 12.3. The fraction of sp³-hybridized carbons (Fsp3) is 0.158. The number of aryl methyl sites for hydroxylation is 2. The van der Waals surface area contributed by atoms with Crippen LogP contribution in [0.15, 0.2) is 48.5 Å². The van der Waals surface area contributed by atoms with Gasteiger partial charge in [0, 0.05) is 12.1 Å². The summed E-state index contributed by atoms with van der Waals surface area (Å²) in [6, 6.07) is 14.5. The number of nitrogen functional groups attached to an aromatic ring is 1. The lowest BCUT2D eigenvalue weighted by atomic mass is 10.1. The van der Waals surface area contributed by atoms with E-state index >= 15 is 0 Å². The van der Waals surface area contributed by atoms with Crippen molar-refractivity contribution in [3.63, 3.8) is 0 Å². The van der Waals surface area contributed by atoms with Crippen LogP contribution in [0.4, 0.5) is 17.3 Å². The zero-order valence-electron chi connectivity index (χ0n) is 14.7. The molecule has 0 radical (unpaired) electrons. The Labute approximate surface area is 151 Å². The summed E-state index contributed by atoms with van der Waals surface area (Å²) in [5.41, 5.74) is 8.55. The van der Waals surface area contributed by atoms with E-state index in [0.717, 1.165) is 5.56 Å². The summed E-state index contributed by atoms with van der Waals surface area (Å²) in [4.78, 5) is 24.9. The van der Waals surface area contributed by atoms with E-state index in [-0.39, 0.29) is 5.91 Å². The van der Waals surface area contributed by atoms with E-state index in [0.29, 0.717) is 41.1 Å². The maximum Gasteiger partial charge on any atom is 0.255 e. The third-order valence-electron chi connectivity index (χ3n) is 3.73. The number of nitrogens with one attached hydrogen (secondary N) is 2. The minimum atomic E-state index is -0.203. The Kier molecular flexibility index (Phi) is 5.07. The van der Waals surface area contributed by atoms with Gasteiger partial charge in [-0.3, -0.25) is 4.79 Å². The molecule has 0 spiro atoms. The van der Waals surface area contributed by atoms with E-state index < -0.39 is 0 Å². The van der Waals surface area contributed by atoms with Gasteiger partial charge in [0.1, 0.15) is 11.6 Å². The highest BCUT2D eigenvalue weighted by Gasteiger charge is 2.08. The fourth-order valence-corrected chi connectivity index (χ4v) is 2.46. The first-order valence-electron chi connectivity index (χ1n) is 8.19. The second kappa shape index (κ2) is 7.60. The van der Waals surface area contributed by atoms with Crippen LogP contribution >= 0.6 is 0 Å². The van der Waals surface area contributed by atoms with Gasteiger partial charge in [-0.25, -0.2) is 4.98 Å². The molecule has 0 bridgehead atoms. The van der Waals surface area contributed by atoms with Crippen molar-refractivity contribution in [3.05, 3.63) is 71.3 Å². The van der Waals surface area contributed by atoms with Crippen molar-refractivity contribution in [2.24, 2.45) is 0 Å². The molecular weight excluding hydrogens is 328 g/mol. The van der Waals surface area contributed by atoms with Crippen LogP contribution in [0.5, 0.6) is 0 Å². The highest BCUT2D eigenvalue weighted by Crippen LogP contribution is 2.18. The van der Waals surface area contributed by atoms with Crippen LogP contribution in [0.2, 0.25) is 0 Å². The molecule has 0 aliphatic heterocycles. The summed E-state index contributed by atoms with van der Waals surface area (Å²) in [6.07, 6.45) is 0. The Morgan fingerprint density at radius 1 is 0.962 bits per heavy atom. The standard InChI is InChI=1S/C19H20N6O/c1-12-22-13(2)24-19(23-12)21-11-14-7-9-15(10-8-14)18(26)25-17-6-4-3-5-16(17)20/h3-10H,11,20H2,1-2H3,(H,25,26)(H,21,22,23,24). The van der Waals surface area contributed by atoms with Crippen LogP contribution in [0.1, 0.15) is 27.6 Å². The third-order valence-corrected chi connectivity index (χ3v) is 3.73. The number of hydrogen-bond acceptors (Lipinski definition) is 6. The van der Waals surface area contributed by atoms with Crippen molar-refractivity contribution >= 4 is 23.2 Å². The van der Waals surface area contributed by atoms with E-state index in [1.54, 1.807) is 24.3 Å². The average Bonchev–Trinajstić information content (AvgIpc) is 2.61. The largest absolute Gasteiger partial charge is 0.397 e. The van der Waals surface area contributed by atoms with Gasteiger partial charge >= 0.3 is 0 Å². The molecule has 7 nitrogen and oxygen atoms in total. The number of nitrogens with two attached hydrogens (primary N) is 1. The van der Waals surface area contributed by atoms with Gasteiger partial charge in [0.05, 0.1) is 11.4 Å². The number of aromatic nitrogens is 3. The van der Waals surface area contributed by atoms with Gasteiger partial charge in [-0.2, -0.15) is 9.97 Å². The summed E-state index contributed by atoms with van der Waals surface area (Å²) < 4.78 is 0. The molecule has 0 unspecified atom stereocenters. The molecule has 0 fully saturated rings. The minimum absolute atomic E-state index is 0.203. The Hall–Kier alpha value is -3.48. The first-order chi connectivity index (χ1) is 12.5. The van der Waals surface area contributed by atoms with Gasteiger partial charge in [0.15, 0.2) is 0 Å². The molecule has 0 saturated heterocycles. The van der Waals surface area contributed by atoms with Crippen LogP contribution in [-0.4, -0.2) is 20.9 Å². The molecule has 4 N–H and O–H groups in total. The predicted molar refractivity (Wildman–Crippen MR) is 102 cm³/mol. The zero-order valence-corrected chi connectivity index (χ0v) is 14.7. The van der Waals surface area contributed by atoms with E-state index in [9.17, 15) is 4.79 Å². The van der Waals surface area contributed by atoms with E-state index in [1.807, 2.05) is 38.1 Å². The van der Waals surface area contributed by atoms with Gasteiger partial charge < -0.3 is 16.4 Å². The molecule has 2 aromatic carbocycles. The molecule has 0 aliphatic carbocycles. The number of amides is 1. The van der Waals surface area contributed by atoms with Crippen LogP contribution in [0.25, 0.3) is 0 Å². The summed E-state index contributed by atoms with van der Waals surface area (Å²) in [5.74, 6) is 1.68. The Morgan fingerprint density at radius 2 is 1.62 bits per heavy atom. The van der Waals surface area contributed by atoms with Gasteiger partial charge in [-0.05, 0) is 43.7 Å². The van der Waals surface area contributed by atoms with Crippen molar-refractivity contribution in [2.75, 3.05) is 16.4 Å². The first-order valence-corrected chi connectivity index (χ1v) is 8.19. The van der Waals surface area contributed by atoms with Gasteiger partial charge in [-0.1, -0.05) is 24.3 Å². The van der Waals surface area contributed by atoms with Crippen molar-refractivity contribution in [2.45, 2.75) is 20.4 Å². The molecule has 1 aromatic heterocycles. The second-order valence-corrected chi connectivity index (χ2v) is 5.85. The van der Waals surface area contributed by atoms with Crippen LogP contribution in [0, 0.1) is 13.8 Å². The highest BCUT2D eigenvalue weighted by atomic mass is 16.1. The van der Waals surface area contributed by atoms with Crippen molar-refractivity contribution in [3.8, 4) is 0 Å². The fourth-order valence-electron chi connectivity index (χ4n) is 2.46.